The highest BCUT2D eigenvalue weighted by molar-refractivity contribution is 9.10. The number of carbonyl (C=O) groups is 1. The Kier molecular flexibility index (Phi) is 9.04. The van der Waals surface area contributed by atoms with E-state index >= 15 is 0 Å². The van der Waals surface area contributed by atoms with Crippen LogP contribution < -0.4 is 19.1 Å². The molecule has 3 aromatic carbocycles. The van der Waals surface area contributed by atoms with Gasteiger partial charge in [0, 0.05) is 5.02 Å². The van der Waals surface area contributed by atoms with E-state index in [-0.39, 0.29) is 18.0 Å². The largest absolute Gasteiger partial charge is 0.496 e. The van der Waals surface area contributed by atoms with Gasteiger partial charge in [0.1, 0.15) is 24.7 Å². The lowest BCUT2D eigenvalue weighted by Gasteiger charge is -2.24. The summed E-state index contributed by atoms with van der Waals surface area (Å²) in [6, 6.07) is 16.7. The van der Waals surface area contributed by atoms with Crippen LogP contribution in [0, 0.1) is 13.8 Å². The summed E-state index contributed by atoms with van der Waals surface area (Å²) in [5.74, 6) is 0.620. The SMILES string of the molecule is COc1ccc(S(=O)(=O)N(CC(=O)NCCOc2ccc(C)c(Cl)c2)c2ccc(C)cc2)cc1Br. The first kappa shape index (κ1) is 26.8. The Labute approximate surface area is 219 Å². The number of methoxy groups -OCH3 is 1. The molecule has 3 rings (SSSR count). The summed E-state index contributed by atoms with van der Waals surface area (Å²) in [6.45, 7) is 3.79. The van der Waals surface area contributed by atoms with Crippen molar-refractivity contribution in [2.24, 2.45) is 0 Å². The van der Waals surface area contributed by atoms with Crippen LogP contribution in [0.2, 0.25) is 5.02 Å². The molecule has 0 aliphatic carbocycles. The van der Waals surface area contributed by atoms with Gasteiger partial charge in [-0.3, -0.25) is 9.10 Å². The van der Waals surface area contributed by atoms with Gasteiger partial charge in [-0.25, -0.2) is 8.42 Å². The number of hydrogen-bond acceptors (Lipinski definition) is 5. The molecule has 0 spiro atoms. The highest BCUT2D eigenvalue weighted by atomic mass is 79.9. The van der Waals surface area contributed by atoms with E-state index in [1.165, 1.54) is 19.2 Å². The van der Waals surface area contributed by atoms with Crippen molar-refractivity contribution in [3.8, 4) is 11.5 Å². The van der Waals surface area contributed by atoms with E-state index < -0.39 is 22.5 Å². The van der Waals surface area contributed by atoms with E-state index in [4.69, 9.17) is 21.1 Å². The lowest BCUT2D eigenvalue weighted by molar-refractivity contribution is -0.119. The fraction of sp³-hybridized carbons (Fsp3) is 0.240. The first-order valence-corrected chi connectivity index (χ1v) is 13.3. The highest BCUT2D eigenvalue weighted by Gasteiger charge is 2.28. The average Bonchev–Trinajstić information content (AvgIpc) is 2.83. The molecule has 0 saturated carbocycles. The molecule has 3 aromatic rings. The van der Waals surface area contributed by atoms with Crippen LogP contribution in [0.5, 0.6) is 11.5 Å². The topological polar surface area (TPSA) is 84.9 Å². The molecule has 0 radical (unpaired) electrons. The molecule has 1 amide bonds. The summed E-state index contributed by atoms with van der Waals surface area (Å²) >= 11 is 9.43. The zero-order chi connectivity index (χ0) is 25.6. The Morgan fingerprint density at radius 2 is 1.77 bits per heavy atom. The molecule has 1 N–H and O–H groups in total. The van der Waals surface area contributed by atoms with Crippen LogP contribution in [0.3, 0.4) is 0 Å². The van der Waals surface area contributed by atoms with Crippen molar-refractivity contribution < 1.29 is 22.7 Å². The summed E-state index contributed by atoms with van der Waals surface area (Å²) in [7, 11) is -2.56. The molecule has 7 nitrogen and oxygen atoms in total. The van der Waals surface area contributed by atoms with E-state index in [9.17, 15) is 13.2 Å². The second kappa shape index (κ2) is 11.8. The van der Waals surface area contributed by atoms with E-state index in [1.54, 1.807) is 42.5 Å². The lowest BCUT2D eigenvalue weighted by atomic mass is 10.2. The predicted octanol–water partition coefficient (Wildman–Crippen LogP) is 5.12. The fourth-order valence-electron chi connectivity index (χ4n) is 3.17. The lowest BCUT2D eigenvalue weighted by Crippen LogP contribution is -2.41. The fourth-order valence-corrected chi connectivity index (χ4v) is 5.48. The van der Waals surface area contributed by atoms with Crippen molar-refractivity contribution in [3.63, 3.8) is 0 Å². The van der Waals surface area contributed by atoms with Gasteiger partial charge in [0.25, 0.3) is 10.0 Å². The number of ether oxygens (including phenoxy) is 2. The summed E-state index contributed by atoms with van der Waals surface area (Å²) < 4.78 is 39.4. The minimum absolute atomic E-state index is 0.0260. The summed E-state index contributed by atoms with van der Waals surface area (Å²) in [5, 5.41) is 3.30. The quantitative estimate of drug-likeness (QED) is 0.336. The number of carbonyl (C=O) groups excluding carboxylic acids is 1. The van der Waals surface area contributed by atoms with E-state index in [2.05, 4.69) is 21.2 Å². The van der Waals surface area contributed by atoms with Gasteiger partial charge >= 0.3 is 0 Å². The van der Waals surface area contributed by atoms with Crippen molar-refractivity contribution in [2.75, 3.05) is 31.1 Å². The van der Waals surface area contributed by atoms with Crippen molar-refractivity contribution in [1.29, 1.82) is 0 Å². The maximum atomic E-state index is 13.5. The Morgan fingerprint density at radius 3 is 2.40 bits per heavy atom. The molecule has 10 heteroatoms. The molecular formula is C25H26BrClN2O5S. The Bertz CT molecular complexity index is 1300. The van der Waals surface area contributed by atoms with Gasteiger partial charge < -0.3 is 14.8 Å². The average molecular weight is 582 g/mol. The van der Waals surface area contributed by atoms with E-state index in [1.807, 2.05) is 19.9 Å². The summed E-state index contributed by atoms with van der Waals surface area (Å²) in [4.78, 5) is 12.8. The van der Waals surface area contributed by atoms with Gasteiger partial charge in [-0.1, -0.05) is 35.4 Å². The Balaban J connectivity index is 1.73. The molecular weight excluding hydrogens is 556 g/mol. The molecule has 0 atom stereocenters. The minimum Gasteiger partial charge on any atom is -0.496 e. The predicted molar refractivity (Wildman–Crippen MR) is 141 cm³/mol. The van der Waals surface area contributed by atoms with E-state index in [0.717, 1.165) is 15.4 Å². The molecule has 186 valence electrons. The number of nitrogens with zero attached hydrogens (tertiary/aromatic N) is 1. The van der Waals surface area contributed by atoms with Crippen molar-refractivity contribution in [2.45, 2.75) is 18.7 Å². The third-order valence-electron chi connectivity index (χ3n) is 5.16. The number of benzene rings is 3. The van der Waals surface area contributed by atoms with Gasteiger partial charge in [0.05, 0.1) is 28.7 Å². The van der Waals surface area contributed by atoms with Gasteiger partial charge in [-0.15, -0.1) is 0 Å². The molecule has 0 bridgehead atoms. The number of aryl methyl sites for hydroxylation is 2. The van der Waals surface area contributed by atoms with Crippen molar-refractivity contribution in [3.05, 3.63) is 81.3 Å². The smallest absolute Gasteiger partial charge is 0.264 e. The minimum atomic E-state index is -4.05. The number of amides is 1. The number of halogens is 2. The molecule has 0 aromatic heterocycles. The zero-order valence-corrected chi connectivity index (χ0v) is 22.7. The molecule has 0 unspecified atom stereocenters. The number of anilines is 1. The van der Waals surface area contributed by atoms with Crippen LogP contribution in [-0.4, -0.2) is 41.1 Å². The van der Waals surface area contributed by atoms with Crippen LogP contribution in [0.15, 0.2) is 70.0 Å². The normalized spacial score (nSPS) is 11.1. The number of rotatable bonds is 10. The third kappa shape index (κ3) is 6.90. The second-order valence-corrected chi connectivity index (χ2v) is 10.9. The summed E-state index contributed by atoms with van der Waals surface area (Å²) in [6.07, 6.45) is 0. The van der Waals surface area contributed by atoms with Crippen molar-refractivity contribution in [1.82, 2.24) is 5.32 Å². The first-order chi connectivity index (χ1) is 16.6. The molecule has 0 fully saturated rings. The number of sulfonamides is 1. The standard InChI is InChI=1S/C25H26BrClN2O5S/c1-17-4-7-19(8-5-17)29(35(31,32)21-10-11-24(33-3)22(26)15-21)16-25(30)28-12-13-34-20-9-6-18(2)23(27)14-20/h4-11,14-15H,12-13,16H2,1-3H3,(H,28,30). The van der Waals surface area contributed by atoms with Crippen LogP contribution in [0.4, 0.5) is 5.69 Å². The van der Waals surface area contributed by atoms with Crippen LogP contribution in [0.25, 0.3) is 0 Å². The third-order valence-corrected chi connectivity index (χ3v) is 7.95. The zero-order valence-electron chi connectivity index (χ0n) is 19.5. The maximum absolute atomic E-state index is 13.5. The van der Waals surface area contributed by atoms with Crippen LogP contribution in [0.1, 0.15) is 11.1 Å². The maximum Gasteiger partial charge on any atom is 0.264 e. The van der Waals surface area contributed by atoms with E-state index in [0.29, 0.717) is 26.7 Å². The Morgan fingerprint density at radius 1 is 1.06 bits per heavy atom. The number of nitrogens with one attached hydrogen (secondary N) is 1. The monoisotopic (exact) mass is 580 g/mol. The van der Waals surface area contributed by atoms with Gasteiger partial charge in [0.15, 0.2) is 0 Å². The molecule has 0 saturated heterocycles. The van der Waals surface area contributed by atoms with Gasteiger partial charge in [-0.2, -0.15) is 0 Å². The Hall–Kier alpha value is -2.75. The number of hydrogen-bond donors (Lipinski definition) is 1. The summed E-state index contributed by atoms with van der Waals surface area (Å²) in [5.41, 5.74) is 2.29. The van der Waals surface area contributed by atoms with Gasteiger partial charge in [-0.05, 0) is 77.8 Å². The second-order valence-electron chi connectivity index (χ2n) is 7.75. The van der Waals surface area contributed by atoms with Crippen LogP contribution >= 0.6 is 27.5 Å². The van der Waals surface area contributed by atoms with Crippen LogP contribution in [-0.2, 0) is 14.8 Å². The van der Waals surface area contributed by atoms with Gasteiger partial charge in [0.2, 0.25) is 5.91 Å². The molecule has 35 heavy (non-hydrogen) atoms. The first-order valence-electron chi connectivity index (χ1n) is 10.7. The molecule has 0 aliphatic heterocycles. The highest BCUT2D eigenvalue weighted by Crippen LogP contribution is 2.30. The molecule has 0 heterocycles. The van der Waals surface area contributed by atoms with Crippen molar-refractivity contribution >= 4 is 49.1 Å². The molecule has 0 aliphatic rings.